The molecule has 1 heterocycles. The number of hydrogen-bond donors (Lipinski definition) is 3. The van der Waals surface area contributed by atoms with Gasteiger partial charge in [-0.2, -0.15) is 0 Å². The molecule has 0 saturated carbocycles. The fourth-order valence-electron chi connectivity index (χ4n) is 8.40. The third kappa shape index (κ3) is 46.4. The standard InChI is InChI=1S/C71H108O12/c1-4-7-10-13-16-19-22-25-28-30-32-34-37-39-42-45-48-51-54-57-63(72)79-60-62(81-64(73)58-55-52-49-46-43-40-36-27-24-21-18-15-12-9-6-3)61-80-71-69(67(76)66(75)68(83-71)70(77)78)82-65(74)59-56-53-50-47-44-41-38-35-33-31-29-26-23-20-17-14-11-8-5-2/h7-12,16-21,25-29,32-36,41,44,50,53,62,66-69,71,75-76H,4-6,13-15,22-24,30-31,37-40,42-43,45-49,51-52,54-61H2,1-3H3,(H,77,78)/b10-7-,11-8-,12-9-,19-16-,20-17-,21-18-,28-25-,29-26-,34-32-,35-33-,36-27-,44-41-,53-50-. The summed E-state index contributed by atoms with van der Waals surface area (Å²) in [4.78, 5) is 51.3. The number of rotatable bonds is 51. The fraction of sp³-hybridized carbons (Fsp3) is 0.577. The Morgan fingerprint density at radius 3 is 1.14 bits per heavy atom. The number of aliphatic carboxylic acids is 1. The van der Waals surface area contributed by atoms with Gasteiger partial charge in [-0.05, 0) is 128 Å². The molecule has 0 aromatic heterocycles. The van der Waals surface area contributed by atoms with Crippen LogP contribution in [0.25, 0.3) is 0 Å². The zero-order chi connectivity index (χ0) is 60.3. The van der Waals surface area contributed by atoms with Gasteiger partial charge in [-0.3, -0.25) is 14.4 Å². The van der Waals surface area contributed by atoms with Gasteiger partial charge < -0.3 is 39.0 Å². The number of carboxylic acid groups (broad SMARTS) is 1. The molecule has 1 fully saturated rings. The Morgan fingerprint density at radius 2 is 0.747 bits per heavy atom. The molecule has 464 valence electrons. The third-order valence-electron chi connectivity index (χ3n) is 13.1. The minimum absolute atomic E-state index is 0.0775. The molecule has 0 spiro atoms. The monoisotopic (exact) mass is 1150 g/mol. The Bertz CT molecular complexity index is 2050. The molecule has 1 saturated heterocycles. The van der Waals surface area contributed by atoms with Gasteiger partial charge in [-0.1, -0.05) is 224 Å². The van der Waals surface area contributed by atoms with Crippen molar-refractivity contribution in [1.82, 2.24) is 0 Å². The van der Waals surface area contributed by atoms with Crippen molar-refractivity contribution in [1.29, 1.82) is 0 Å². The summed E-state index contributed by atoms with van der Waals surface area (Å²) in [5.74, 6) is -3.30. The van der Waals surface area contributed by atoms with Crippen LogP contribution < -0.4 is 0 Å². The zero-order valence-corrected chi connectivity index (χ0v) is 51.1. The van der Waals surface area contributed by atoms with Crippen LogP contribution in [0.15, 0.2) is 158 Å². The van der Waals surface area contributed by atoms with Crippen molar-refractivity contribution in [2.45, 2.75) is 250 Å². The Hall–Kier alpha value is -5.66. The summed E-state index contributed by atoms with van der Waals surface area (Å²) >= 11 is 0. The summed E-state index contributed by atoms with van der Waals surface area (Å²) in [6.45, 7) is 5.59. The Kier molecular flexibility index (Phi) is 51.6. The smallest absolute Gasteiger partial charge is 0.335 e. The quantitative estimate of drug-likeness (QED) is 0.0228. The molecule has 6 unspecified atom stereocenters. The molecular weight excluding hydrogens is 1040 g/mol. The molecule has 83 heavy (non-hydrogen) atoms. The summed E-state index contributed by atoms with van der Waals surface area (Å²) in [6, 6.07) is 0. The number of carboxylic acids is 1. The lowest BCUT2D eigenvalue weighted by Crippen LogP contribution is -2.61. The number of ether oxygens (including phenoxy) is 5. The Labute approximate surface area is 501 Å². The van der Waals surface area contributed by atoms with Gasteiger partial charge >= 0.3 is 23.9 Å². The van der Waals surface area contributed by atoms with E-state index in [1.165, 1.54) is 0 Å². The van der Waals surface area contributed by atoms with Crippen molar-refractivity contribution in [2.75, 3.05) is 13.2 Å². The molecule has 0 aliphatic carbocycles. The van der Waals surface area contributed by atoms with Crippen molar-refractivity contribution in [3.8, 4) is 0 Å². The number of esters is 3. The second-order valence-electron chi connectivity index (χ2n) is 20.5. The third-order valence-corrected chi connectivity index (χ3v) is 13.1. The second-order valence-corrected chi connectivity index (χ2v) is 20.5. The van der Waals surface area contributed by atoms with Gasteiger partial charge in [-0.15, -0.1) is 0 Å². The molecule has 1 aliphatic rings. The van der Waals surface area contributed by atoms with Gasteiger partial charge in [0.2, 0.25) is 0 Å². The number of aliphatic hydroxyl groups is 2. The highest BCUT2D eigenvalue weighted by Crippen LogP contribution is 2.26. The van der Waals surface area contributed by atoms with Gasteiger partial charge in [0.25, 0.3) is 0 Å². The molecule has 12 nitrogen and oxygen atoms in total. The number of aliphatic hydroxyl groups excluding tert-OH is 2. The summed E-state index contributed by atoms with van der Waals surface area (Å²) in [7, 11) is 0. The van der Waals surface area contributed by atoms with E-state index in [2.05, 4.69) is 161 Å². The van der Waals surface area contributed by atoms with Crippen LogP contribution in [0.1, 0.15) is 213 Å². The molecule has 1 aliphatic heterocycles. The largest absolute Gasteiger partial charge is 0.479 e. The first-order valence-electron chi connectivity index (χ1n) is 31.5. The summed E-state index contributed by atoms with van der Waals surface area (Å²) in [6.07, 6.45) is 70.7. The first-order valence-corrected chi connectivity index (χ1v) is 31.5. The van der Waals surface area contributed by atoms with Crippen LogP contribution in [0.5, 0.6) is 0 Å². The van der Waals surface area contributed by atoms with E-state index in [4.69, 9.17) is 23.7 Å². The molecule has 0 amide bonds. The minimum atomic E-state index is -1.94. The molecule has 3 N–H and O–H groups in total. The van der Waals surface area contributed by atoms with Crippen LogP contribution in [-0.2, 0) is 42.9 Å². The maximum atomic E-state index is 13.2. The van der Waals surface area contributed by atoms with E-state index < -0.39 is 67.3 Å². The molecule has 6 atom stereocenters. The van der Waals surface area contributed by atoms with E-state index in [0.29, 0.717) is 25.7 Å². The van der Waals surface area contributed by atoms with E-state index >= 15 is 0 Å². The number of carbonyl (C=O) groups is 4. The van der Waals surface area contributed by atoms with E-state index in [9.17, 15) is 34.5 Å². The highest BCUT2D eigenvalue weighted by Gasteiger charge is 2.50. The van der Waals surface area contributed by atoms with Crippen molar-refractivity contribution in [3.05, 3.63) is 158 Å². The zero-order valence-electron chi connectivity index (χ0n) is 51.1. The summed E-state index contributed by atoms with van der Waals surface area (Å²) < 4.78 is 28.4. The highest BCUT2D eigenvalue weighted by molar-refractivity contribution is 5.74. The topological polar surface area (TPSA) is 175 Å². The molecule has 0 radical (unpaired) electrons. The lowest BCUT2D eigenvalue weighted by molar-refractivity contribution is -0.301. The Balaban J connectivity index is 2.74. The molecule has 0 aromatic carbocycles. The average molecular weight is 1150 g/mol. The minimum Gasteiger partial charge on any atom is -0.479 e. The summed E-state index contributed by atoms with van der Waals surface area (Å²) in [5, 5.41) is 31.6. The van der Waals surface area contributed by atoms with Gasteiger partial charge in [0, 0.05) is 19.3 Å². The van der Waals surface area contributed by atoms with Gasteiger partial charge in [0.15, 0.2) is 24.6 Å². The van der Waals surface area contributed by atoms with E-state index in [1.54, 1.807) is 0 Å². The molecular formula is C71H108O12. The molecule has 0 bridgehead atoms. The maximum absolute atomic E-state index is 13.2. The van der Waals surface area contributed by atoms with Crippen LogP contribution in [0, 0.1) is 0 Å². The van der Waals surface area contributed by atoms with E-state index in [-0.39, 0.29) is 25.9 Å². The number of allylic oxidation sites excluding steroid dienone is 26. The number of unbranched alkanes of at least 4 members (excludes halogenated alkanes) is 11. The predicted molar refractivity (Wildman–Crippen MR) is 339 cm³/mol. The average Bonchev–Trinajstić information content (AvgIpc) is 3.60. The van der Waals surface area contributed by atoms with Crippen molar-refractivity contribution in [2.24, 2.45) is 0 Å². The van der Waals surface area contributed by atoms with E-state index in [0.717, 1.165) is 148 Å². The summed E-state index contributed by atoms with van der Waals surface area (Å²) in [5.41, 5.74) is 0. The lowest BCUT2D eigenvalue weighted by atomic mass is 9.98. The van der Waals surface area contributed by atoms with E-state index in [1.807, 2.05) is 18.2 Å². The van der Waals surface area contributed by atoms with Crippen molar-refractivity contribution >= 4 is 23.9 Å². The van der Waals surface area contributed by atoms with Gasteiger partial charge in [0.1, 0.15) is 18.8 Å². The molecule has 0 aromatic rings. The maximum Gasteiger partial charge on any atom is 0.335 e. The van der Waals surface area contributed by atoms with Crippen LogP contribution in [-0.4, -0.2) is 89.2 Å². The SMILES string of the molecule is CC/C=C\C/C=C\C/C=C\C/C=C\C/C=C\C/C=C\CCC(=O)OC1C(OCC(COC(=O)CCCCCCCC/C=C\C/C=C\C/C=C\C/C=C\CC)OC(=O)CCCCCCC/C=C\C/C=C\C/C=C\CC)OC(C(=O)O)C(O)C1O. The Morgan fingerprint density at radius 1 is 0.398 bits per heavy atom. The second kappa shape index (κ2) is 56.8. The van der Waals surface area contributed by atoms with Gasteiger partial charge in [-0.25, -0.2) is 4.79 Å². The highest BCUT2D eigenvalue weighted by atomic mass is 16.7. The molecule has 12 heteroatoms. The normalized spacial score (nSPS) is 18.7. The van der Waals surface area contributed by atoms with Crippen LogP contribution in [0.4, 0.5) is 0 Å². The van der Waals surface area contributed by atoms with Gasteiger partial charge in [0.05, 0.1) is 6.61 Å². The molecule has 1 rings (SSSR count). The number of hydrogen-bond acceptors (Lipinski definition) is 11. The van der Waals surface area contributed by atoms with Crippen LogP contribution in [0.2, 0.25) is 0 Å². The predicted octanol–water partition coefficient (Wildman–Crippen LogP) is 16.9. The first kappa shape index (κ1) is 75.4. The van der Waals surface area contributed by atoms with Crippen molar-refractivity contribution in [3.63, 3.8) is 0 Å². The van der Waals surface area contributed by atoms with Crippen LogP contribution in [0.3, 0.4) is 0 Å². The first-order chi connectivity index (χ1) is 40.6. The van der Waals surface area contributed by atoms with Crippen LogP contribution >= 0.6 is 0 Å². The van der Waals surface area contributed by atoms with Crippen molar-refractivity contribution < 1.29 is 58.2 Å². The number of carbonyl (C=O) groups excluding carboxylic acids is 3. The fourth-order valence-corrected chi connectivity index (χ4v) is 8.40. The lowest BCUT2D eigenvalue weighted by Gasteiger charge is -2.40.